The molecule has 3 heterocycles. The van der Waals surface area contributed by atoms with Gasteiger partial charge in [-0.05, 0) is 41.0 Å². The van der Waals surface area contributed by atoms with Crippen molar-refractivity contribution < 1.29 is 18.7 Å². The van der Waals surface area contributed by atoms with E-state index in [1.54, 1.807) is 6.26 Å². The molecule has 0 fully saturated rings. The van der Waals surface area contributed by atoms with Crippen molar-refractivity contribution in [1.29, 1.82) is 0 Å². The minimum absolute atomic E-state index is 0.207. The highest BCUT2D eigenvalue weighted by molar-refractivity contribution is 5.97. The largest absolute Gasteiger partial charge is 0.472 e. The summed E-state index contributed by atoms with van der Waals surface area (Å²) in [7, 11) is 0. The van der Waals surface area contributed by atoms with Crippen LogP contribution in [0.3, 0.4) is 0 Å². The number of hydrogen-bond donors (Lipinski definition) is 3. The third-order valence-electron chi connectivity index (χ3n) is 8.62. The lowest BCUT2D eigenvalue weighted by molar-refractivity contribution is -0.125. The maximum absolute atomic E-state index is 13.3. The SMILES string of the molecule is NCC(=O)NC(Cc1ccccc1)C(=O)Nc1ccc(COc2c(Cc3ccco3)nc3c(Cc4ccccc4)nc(-c4ccccc4)cn23)cc1. The number of aromatic nitrogens is 3. The molecule has 4 aromatic carbocycles. The predicted molar refractivity (Wildman–Crippen MR) is 200 cm³/mol. The first-order valence-electron chi connectivity index (χ1n) is 17.1. The van der Waals surface area contributed by atoms with Crippen LogP contribution in [0.15, 0.2) is 144 Å². The average Bonchev–Trinajstić information content (AvgIpc) is 3.83. The Morgan fingerprint density at radius 1 is 0.750 bits per heavy atom. The maximum atomic E-state index is 13.3. The number of benzene rings is 4. The number of nitrogens with zero attached hydrogens (tertiary/aromatic N) is 3. The van der Waals surface area contributed by atoms with Crippen LogP contribution in [-0.4, -0.2) is 38.8 Å². The van der Waals surface area contributed by atoms with Gasteiger partial charge in [-0.1, -0.05) is 103 Å². The number of amides is 2. The second-order valence-corrected chi connectivity index (χ2v) is 12.4. The van der Waals surface area contributed by atoms with Gasteiger partial charge in [0.25, 0.3) is 0 Å². The van der Waals surface area contributed by atoms with Gasteiger partial charge in [-0.25, -0.2) is 9.97 Å². The van der Waals surface area contributed by atoms with Gasteiger partial charge in [0.2, 0.25) is 17.7 Å². The number of carbonyl (C=O) groups is 2. The highest BCUT2D eigenvalue weighted by Crippen LogP contribution is 2.30. The summed E-state index contributed by atoms with van der Waals surface area (Å²) < 4.78 is 14.3. The fraction of sp³-hybridized carbons (Fsp3) is 0.143. The van der Waals surface area contributed by atoms with Gasteiger partial charge in [0, 0.05) is 30.3 Å². The fourth-order valence-corrected chi connectivity index (χ4v) is 6.01. The summed E-state index contributed by atoms with van der Waals surface area (Å²) in [5.74, 6) is 0.623. The van der Waals surface area contributed by atoms with Crippen LogP contribution in [0.4, 0.5) is 5.69 Å². The Labute approximate surface area is 301 Å². The molecule has 7 aromatic rings. The zero-order valence-corrected chi connectivity index (χ0v) is 28.4. The minimum atomic E-state index is -0.786. The van der Waals surface area contributed by atoms with Crippen LogP contribution in [0.2, 0.25) is 0 Å². The molecule has 4 N–H and O–H groups in total. The van der Waals surface area contributed by atoms with E-state index in [0.717, 1.165) is 45.1 Å². The van der Waals surface area contributed by atoms with Gasteiger partial charge in [-0.3, -0.25) is 14.0 Å². The van der Waals surface area contributed by atoms with Crippen molar-refractivity contribution in [2.24, 2.45) is 5.73 Å². The van der Waals surface area contributed by atoms with Crippen LogP contribution in [-0.2, 0) is 35.5 Å². The van der Waals surface area contributed by atoms with E-state index in [1.807, 2.05) is 126 Å². The molecule has 2 amide bonds. The molecule has 0 saturated carbocycles. The molecule has 3 aromatic heterocycles. The summed E-state index contributed by atoms with van der Waals surface area (Å²) in [6, 6.07) is 40.2. The summed E-state index contributed by atoms with van der Waals surface area (Å²) in [6.07, 6.45) is 4.99. The quantitative estimate of drug-likeness (QED) is 0.121. The normalized spacial score (nSPS) is 11.6. The Bertz CT molecular complexity index is 2240. The zero-order chi connectivity index (χ0) is 35.7. The summed E-state index contributed by atoms with van der Waals surface area (Å²) in [6.45, 7) is 0.0365. The molecule has 10 heteroatoms. The third-order valence-corrected chi connectivity index (χ3v) is 8.62. The van der Waals surface area contributed by atoms with E-state index in [1.165, 1.54) is 0 Å². The van der Waals surface area contributed by atoms with E-state index < -0.39 is 11.9 Å². The second kappa shape index (κ2) is 16.0. The van der Waals surface area contributed by atoms with Gasteiger partial charge in [-0.2, -0.15) is 0 Å². The van der Waals surface area contributed by atoms with Gasteiger partial charge in [-0.15, -0.1) is 0 Å². The number of furan rings is 1. The highest BCUT2D eigenvalue weighted by Gasteiger charge is 2.22. The van der Waals surface area contributed by atoms with Gasteiger partial charge < -0.3 is 25.5 Å². The molecule has 0 bridgehead atoms. The Kier molecular flexibility index (Phi) is 10.5. The van der Waals surface area contributed by atoms with E-state index >= 15 is 0 Å². The molecule has 1 atom stereocenters. The Morgan fingerprint density at radius 3 is 2.12 bits per heavy atom. The number of rotatable bonds is 14. The summed E-state index contributed by atoms with van der Waals surface area (Å²) in [5, 5.41) is 5.66. The summed E-state index contributed by atoms with van der Waals surface area (Å²) >= 11 is 0. The van der Waals surface area contributed by atoms with Crippen LogP contribution in [0.5, 0.6) is 5.88 Å². The molecule has 7 rings (SSSR count). The first kappa shape index (κ1) is 34.0. The number of imidazole rings is 1. The maximum Gasteiger partial charge on any atom is 0.247 e. The molecule has 1 unspecified atom stereocenters. The van der Waals surface area contributed by atoms with Crippen molar-refractivity contribution in [3.05, 3.63) is 174 Å². The molecule has 52 heavy (non-hydrogen) atoms. The average molecular weight is 691 g/mol. The van der Waals surface area contributed by atoms with Gasteiger partial charge in [0.05, 0.1) is 30.6 Å². The molecule has 0 aliphatic carbocycles. The van der Waals surface area contributed by atoms with Crippen molar-refractivity contribution in [1.82, 2.24) is 19.7 Å². The molecule has 0 aliphatic rings. The van der Waals surface area contributed by atoms with Crippen molar-refractivity contribution in [3.8, 4) is 17.1 Å². The monoisotopic (exact) mass is 690 g/mol. The van der Waals surface area contributed by atoms with Crippen molar-refractivity contribution >= 4 is 23.1 Å². The lowest BCUT2D eigenvalue weighted by Gasteiger charge is -2.18. The molecular weight excluding hydrogens is 652 g/mol. The topological polar surface area (TPSA) is 137 Å². The van der Waals surface area contributed by atoms with Crippen LogP contribution in [0.25, 0.3) is 16.9 Å². The summed E-state index contributed by atoms with van der Waals surface area (Å²) in [5.41, 5.74) is 13.1. The lowest BCUT2D eigenvalue weighted by atomic mass is 10.0. The number of anilines is 1. The van der Waals surface area contributed by atoms with Gasteiger partial charge in [0.1, 0.15) is 24.1 Å². The van der Waals surface area contributed by atoms with E-state index in [-0.39, 0.29) is 19.1 Å². The van der Waals surface area contributed by atoms with Crippen molar-refractivity contribution in [3.63, 3.8) is 0 Å². The van der Waals surface area contributed by atoms with E-state index in [2.05, 4.69) is 22.8 Å². The smallest absolute Gasteiger partial charge is 0.247 e. The fourth-order valence-electron chi connectivity index (χ4n) is 6.01. The van der Waals surface area contributed by atoms with E-state index in [9.17, 15) is 9.59 Å². The highest BCUT2D eigenvalue weighted by atomic mass is 16.5. The van der Waals surface area contributed by atoms with E-state index in [0.29, 0.717) is 36.5 Å². The van der Waals surface area contributed by atoms with Crippen LogP contribution >= 0.6 is 0 Å². The lowest BCUT2D eigenvalue weighted by Crippen LogP contribution is -2.47. The van der Waals surface area contributed by atoms with Gasteiger partial charge in [0.15, 0.2) is 5.65 Å². The number of ether oxygens (including phenoxy) is 1. The molecule has 0 aliphatic heterocycles. The molecule has 10 nitrogen and oxygen atoms in total. The number of nitrogens with two attached hydrogens (primary N) is 1. The Hall–Kier alpha value is -6.52. The third kappa shape index (κ3) is 8.26. The number of nitrogens with one attached hydrogen (secondary N) is 2. The van der Waals surface area contributed by atoms with Crippen LogP contribution in [0.1, 0.15) is 33.8 Å². The minimum Gasteiger partial charge on any atom is -0.472 e. The zero-order valence-electron chi connectivity index (χ0n) is 28.4. The standard InChI is InChI=1S/C42H38N6O4/c43-26-39(49)46-36(24-30-13-6-2-7-14-30)41(50)44-33-20-18-31(19-21-33)28-52-42-37(25-34-17-10-22-51-34)47-40-35(23-29-11-4-1-5-12-29)45-38(27-48(40)42)32-15-8-3-9-16-32/h1-22,27,36H,23-26,28,43H2,(H,44,50)(H,46,49). The van der Waals surface area contributed by atoms with Crippen molar-refractivity contribution in [2.45, 2.75) is 31.9 Å². The molecule has 0 spiro atoms. The predicted octanol–water partition coefficient (Wildman–Crippen LogP) is 6.37. The van der Waals surface area contributed by atoms with Crippen LogP contribution in [0, 0.1) is 0 Å². The first-order chi connectivity index (χ1) is 25.5. The molecular formula is C42H38N6O4. The van der Waals surface area contributed by atoms with Crippen molar-refractivity contribution in [2.75, 3.05) is 11.9 Å². The number of hydrogen-bond acceptors (Lipinski definition) is 7. The molecule has 0 radical (unpaired) electrons. The Morgan fingerprint density at radius 2 is 1.44 bits per heavy atom. The molecule has 260 valence electrons. The van der Waals surface area contributed by atoms with E-state index in [4.69, 9.17) is 24.9 Å². The first-order valence-corrected chi connectivity index (χ1v) is 17.1. The Balaban J connectivity index is 1.15. The van der Waals surface area contributed by atoms with Crippen LogP contribution < -0.4 is 21.1 Å². The number of fused-ring (bicyclic) bond motifs is 1. The summed E-state index contributed by atoms with van der Waals surface area (Å²) in [4.78, 5) is 35.6. The second-order valence-electron chi connectivity index (χ2n) is 12.4. The van der Waals surface area contributed by atoms with Gasteiger partial charge >= 0.3 is 0 Å². The number of carbonyl (C=O) groups excluding carboxylic acids is 2. The molecule has 0 saturated heterocycles.